The molecule has 1 aliphatic heterocycles. The third kappa shape index (κ3) is 2.33. The van der Waals surface area contributed by atoms with Crippen LogP contribution in [-0.4, -0.2) is 30.6 Å². The monoisotopic (exact) mass is 262 g/mol. The molecule has 0 fully saturated rings. The molecular formula is C14H18N2O3. The zero-order chi connectivity index (χ0) is 14.0. The van der Waals surface area contributed by atoms with Crippen LogP contribution in [-0.2, 0) is 16.0 Å². The minimum atomic E-state index is -0.515. The van der Waals surface area contributed by atoms with Crippen LogP contribution in [0.15, 0.2) is 18.2 Å². The lowest BCUT2D eigenvalue weighted by Gasteiger charge is -2.20. The van der Waals surface area contributed by atoms with Crippen molar-refractivity contribution >= 4 is 23.2 Å². The van der Waals surface area contributed by atoms with E-state index in [9.17, 15) is 14.7 Å². The fourth-order valence-electron chi connectivity index (χ4n) is 2.28. The summed E-state index contributed by atoms with van der Waals surface area (Å²) in [5, 5.41) is 12.2. The SMILES string of the molecule is CCC(CO)C(=O)N1C(=O)Cc2cc(NC)ccc21. The minimum Gasteiger partial charge on any atom is -0.396 e. The van der Waals surface area contributed by atoms with Gasteiger partial charge in [0.15, 0.2) is 0 Å². The van der Waals surface area contributed by atoms with Crippen molar-refractivity contribution in [3.63, 3.8) is 0 Å². The normalized spacial score (nSPS) is 15.3. The number of carbonyl (C=O) groups is 2. The van der Waals surface area contributed by atoms with Crippen LogP contribution in [0.5, 0.6) is 0 Å². The third-order valence-electron chi connectivity index (χ3n) is 3.48. The summed E-state index contributed by atoms with van der Waals surface area (Å²) in [6.07, 6.45) is 0.751. The van der Waals surface area contributed by atoms with Crippen molar-refractivity contribution in [2.24, 2.45) is 5.92 Å². The Balaban J connectivity index is 2.35. The Morgan fingerprint density at radius 3 is 2.84 bits per heavy atom. The molecule has 0 saturated carbocycles. The van der Waals surface area contributed by atoms with Crippen molar-refractivity contribution in [3.05, 3.63) is 23.8 Å². The number of rotatable bonds is 4. The third-order valence-corrected chi connectivity index (χ3v) is 3.48. The first kappa shape index (κ1) is 13.5. The summed E-state index contributed by atoms with van der Waals surface area (Å²) in [5.41, 5.74) is 2.40. The molecule has 1 heterocycles. The number of hydrogen-bond acceptors (Lipinski definition) is 4. The molecule has 0 saturated heterocycles. The van der Waals surface area contributed by atoms with Gasteiger partial charge in [0.1, 0.15) is 0 Å². The first-order valence-electron chi connectivity index (χ1n) is 6.40. The Hall–Kier alpha value is -1.88. The molecule has 0 spiro atoms. The smallest absolute Gasteiger partial charge is 0.239 e. The van der Waals surface area contributed by atoms with Crippen molar-refractivity contribution in [2.75, 3.05) is 23.9 Å². The lowest BCUT2D eigenvalue weighted by atomic mass is 10.1. The molecule has 5 heteroatoms. The standard InChI is InChI=1S/C14H18N2O3/c1-3-9(8-17)14(19)16-12-5-4-11(15-2)6-10(12)7-13(16)18/h4-6,9,15,17H,3,7-8H2,1-2H3. The van der Waals surface area contributed by atoms with Gasteiger partial charge in [-0.05, 0) is 30.2 Å². The van der Waals surface area contributed by atoms with Gasteiger partial charge in [-0.15, -0.1) is 0 Å². The fourth-order valence-corrected chi connectivity index (χ4v) is 2.28. The summed E-state index contributed by atoms with van der Waals surface area (Å²) >= 11 is 0. The molecule has 2 rings (SSSR count). The number of fused-ring (bicyclic) bond motifs is 1. The predicted molar refractivity (Wildman–Crippen MR) is 73.1 cm³/mol. The maximum atomic E-state index is 12.3. The molecule has 1 unspecified atom stereocenters. The molecular weight excluding hydrogens is 244 g/mol. The highest BCUT2D eigenvalue weighted by molar-refractivity contribution is 6.19. The largest absolute Gasteiger partial charge is 0.396 e. The molecule has 102 valence electrons. The van der Waals surface area contributed by atoms with Gasteiger partial charge in [-0.3, -0.25) is 9.59 Å². The number of imide groups is 1. The van der Waals surface area contributed by atoms with Gasteiger partial charge < -0.3 is 10.4 Å². The molecule has 19 heavy (non-hydrogen) atoms. The van der Waals surface area contributed by atoms with E-state index in [1.54, 1.807) is 13.1 Å². The Kier molecular flexibility index (Phi) is 3.85. The Morgan fingerprint density at radius 1 is 1.53 bits per heavy atom. The number of aliphatic hydroxyl groups is 1. The second-order valence-electron chi connectivity index (χ2n) is 4.63. The summed E-state index contributed by atoms with van der Waals surface area (Å²) in [5.74, 6) is -1.05. The van der Waals surface area contributed by atoms with Crippen LogP contribution < -0.4 is 10.2 Å². The van der Waals surface area contributed by atoms with E-state index in [0.717, 1.165) is 11.3 Å². The molecule has 1 aliphatic rings. The molecule has 0 aliphatic carbocycles. The predicted octanol–water partition coefficient (Wildman–Crippen LogP) is 1.16. The minimum absolute atomic E-state index is 0.222. The van der Waals surface area contributed by atoms with Crippen LogP contribution in [0.4, 0.5) is 11.4 Å². The first-order valence-corrected chi connectivity index (χ1v) is 6.40. The van der Waals surface area contributed by atoms with E-state index in [-0.39, 0.29) is 24.8 Å². The van der Waals surface area contributed by atoms with Gasteiger partial charge in [0.2, 0.25) is 11.8 Å². The highest BCUT2D eigenvalue weighted by Crippen LogP contribution is 2.32. The number of anilines is 2. The van der Waals surface area contributed by atoms with Crippen LogP contribution in [0, 0.1) is 5.92 Å². The fraction of sp³-hybridized carbons (Fsp3) is 0.429. The van der Waals surface area contributed by atoms with Gasteiger partial charge >= 0.3 is 0 Å². The molecule has 0 radical (unpaired) electrons. The van der Waals surface area contributed by atoms with E-state index in [1.807, 2.05) is 19.1 Å². The average Bonchev–Trinajstić information content (AvgIpc) is 2.74. The van der Waals surface area contributed by atoms with E-state index >= 15 is 0 Å². The van der Waals surface area contributed by atoms with Crippen molar-refractivity contribution < 1.29 is 14.7 Å². The molecule has 0 bridgehead atoms. The van der Waals surface area contributed by atoms with Crippen LogP contribution in [0.1, 0.15) is 18.9 Å². The maximum absolute atomic E-state index is 12.3. The molecule has 1 aromatic rings. The van der Waals surface area contributed by atoms with Crippen LogP contribution in [0.3, 0.4) is 0 Å². The van der Waals surface area contributed by atoms with Crippen LogP contribution in [0.2, 0.25) is 0 Å². The lowest BCUT2D eigenvalue weighted by Crippen LogP contribution is -2.39. The zero-order valence-electron chi connectivity index (χ0n) is 11.1. The Labute approximate surface area is 112 Å². The summed E-state index contributed by atoms with van der Waals surface area (Å²) < 4.78 is 0. The lowest BCUT2D eigenvalue weighted by molar-refractivity contribution is -0.128. The van der Waals surface area contributed by atoms with Crippen LogP contribution in [0.25, 0.3) is 0 Å². The summed E-state index contributed by atoms with van der Waals surface area (Å²) in [6.45, 7) is 1.59. The zero-order valence-corrected chi connectivity index (χ0v) is 11.1. The number of amides is 2. The van der Waals surface area contributed by atoms with Gasteiger partial charge in [-0.2, -0.15) is 0 Å². The highest BCUT2D eigenvalue weighted by atomic mass is 16.3. The van der Waals surface area contributed by atoms with Crippen molar-refractivity contribution in [1.29, 1.82) is 0 Å². The Bertz CT molecular complexity index is 509. The molecule has 1 aromatic carbocycles. The van der Waals surface area contributed by atoms with Crippen LogP contribution >= 0.6 is 0 Å². The Morgan fingerprint density at radius 2 is 2.26 bits per heavy atom. The summed E-state index contributed by atoms with van der Waals surface area (Å²) in [4.78, 5) is 25.5. The number of carbonyl (C=O) groups excluding carboxylic acids is 2. The number of nitrogens with one attached hydrogen (secondary N) is 1. The van der Waals surface area contributed by atoms with E-state index in [2.05, 4.69) is 5.32 Å². The van der Waals surface area contributed by atoms with Crippen molar-refractivity contribution in [3.8, 4) is 0 Å². The van der Waals surface area contributed by atoms with Gasteiger partial charge in [-0.25, -0.2) is 4.90 Å². The summed E-state index contributed by atoms with van der Waals surface area (Å²) in [6, 6.07) is 5.48. The van der Waals surface area contributed by atoms with Crippen molar-refractivity contribution in [1.82, 2.24) is 0 Å². The highest BCUT2D eigenvalue weighted by Gasteiger charge is 2.35. The molecule has 1 atom stereocenters. The van der Waals surface area contributed by atoms with Gasteiger partial charge in [0.05, 0.1) is 24.6 Å². The number of hydrogen-bond donors (Lipinski definition) is 2. The summed E-state index contributed by atoms with van der Waals surface area (Å²) in [7, 11) is 1.81. The van der Waals surface area contributed by atoms with Gasteiger partial charge in [-0.1, -0.05) is 6.92 Å². The number of nitrogens with zero attached hydrogens (tertiary/aromatic N) is 1. The van der Waals surface area contributed by atoms with E-state index in [4.69, 9.17) is 0 Å². The van der Waals surface area contributed by atoms with Crippen molar-refractivity contribution in [2.45, 2.75) is 19.8 Å². The quantitative estimate of drug-likeness (QED) is 0.854. The second-order valence-corrected chi connectivity index (χ2v) is 4.63. The molecule has 0 aromatic heterocycles. The topological polar surface area (TPSA) is 69.6 Å². The second kappa shape index (κ2) is 5.40. The molecule has 5 nitrogen and oxygen atoms in total. The van der Waals surface area contributed by atoms with E-state index < -0.39 is 5.92 Å². The van der Waals surface area contributed by atoms with E-state index in [0.29, 0.717) is 12.1 Å². The average molecular weight is 262 g/mol. The number of benzene rings is 1. The first-order chi connectivity index (χ1) is 9.12. The van der Waals surface area contributed by atoms with Gasteiger partial charge in [0.25, 0.3) is 0 Å². The number of aliphatic hydroxyl groups excluding tert-OH is 1. The molecule has 2 amide bonds. The maximum Gasteiger partial charge on any atom is 0.239 e. The van der Waals surface area contributed by atoms with E-state index in [1.165, 1.54) is 4.90 Å². The van der Waals surface area contributed by atoms with Gasteiger partial charge in [0, 0.05) is 12.7 Å². The molecule has 2 N–H and O–H groups in total.